The number of hydrogen-bond acceptors (Lipinski definition) is 6. The molecule has 12 heteroatoms. The molecule has 0 spiro atoms. The highest BCUT2D eigenvalue weighted by atomic mass is 35.5. The Hall–Kier alpha value is -2.66. The fourth-order valence-corrected chi connectivity index (χ4v) is 5.55. The monoisotopic (exact) mass is 586 g/mol. The van der Waals surface area contributed by atoms with E-state index in [9.17, 15) is 27.9 Å². The number of aliphatic hydroxyl groups excluding tert-OH is 1. The van der Waals surface area contributed by atoms with Crippen molar-refractivity contribution in [1.82, 2.24) is 19.7 Å². The lowest BCUT2D eigenvalue weighted by molar-refractivity contribution is -0.215. The maximum absolute atomic E-state index is 13.9. The first-order valence-electron chi connectivity index (χ1n) is 13.4. The van der Waals surface area contributed by atoms with E-state index < -0.39 is 42.1 Å². The second-order valence-electron chi connectivity index (χ2n) is 11.5. The molecule has 8 nitrogen and oxygen atoms in total. The van der Waals surface area contributed by atoms with Crippen LogP contribution in [-0.2, 0) is 9.53 Å². The summed E-state index contributed by atoms with van der Waals surface area (Å²) in [4.78, 5) is 31.1. The summed E-state index contributed by atoms with van der Waals surface area (Å²) < 4.78 is 48.5. The third-order valence-corrected chi connectivity index (χ3v) is 8.25. The minimum atomic E-state index is -4.59. The van der Waals surface area contributed by atoms with Gasteiger partial charge in [0.05, 0.1) is 52.9 Å². The normalized spacial score (nSPS) is 20.7. The number of carbonyl (C=O) groups excluding carboxylic acids is 2. The number of ether oxygens (including phenoxy) is 1. The Labute approximate surface area is 237 Å². The van der Waals surface area contributed by atoms with Crippen molar-refractivity contribution in [3.63, 3.8) is 0 Å². The van der Waals surface area contributed by atoms with Gasteiger partial charge >= 0.3 is 12.1 Å². The van der Waals surface area contributed by atoms with Gasteiger partial charge in [-0.2, -0.15) is 18.3 Å². The third-order valence-electron chi connectivity index (χ3n) is 7.95. The van der Waals surface area contributed by atoms with Gasteiger partial charge < -0.3 is 14.7 Å². The van der Waals surface area contributed by atoms with Gasteiger partial charge in [0.1, 0.15) is 0 Å². The van der Waals surface area contributed by atoms with Gasteiger partial charge in [0.15, 0.2) is 0 Å². The van der Waals surface area contributed by atoms with Crippen molar-refractivity contribution in [3.05, 3.63) is 46.0 Å². The van der Waals surface area contributed by atoms with Gasteiger partial charge in [0.2, 0.25) is 0 Å². The fraction of sp³-hybridized carbons (Fsp3) is 0.643. The van der Waals surface area contributed by atoms with Crippen LogP contribution in [-0.4, -0.2) is 62.5 Å². The topological polar surface area (TPSA) is 97.6 Å². The Morgan fingerprint density at radius 3 is 2.40 bits per heavy atom. The van der Waals surface area contributed by atoms with Crippen molar-refractivity contribution in [1.29, 1.82) is 0 Å². The lowest BCUT2D eigenvalue weighted by Crippen LogP contribution is -2.47. The van der Waals surface area contributed by atoms with E-state index in [0.717, 1.165) is 18.7 Å². The summed E-state index contributed by atoms with van der Waals surface area (Å²) in [7, 11) is 0. The Balaban J connectivity index is 1.88. The third kappa shape index (κ3) is 6.62. The second-order valence-corrected chi connectivity index (χ2v) is 11.9. The van der Waals surface area contributed by atoms with Crippen LogP contribution in [0.5, 0.6) is 0 Å². The summed E-state index contributed by atoms with van der Waals surface area (Å²) in [6.07, 6.45) is 0.703. The quantitative estimate of drug-likeness (QED) is 0.362. The minimum Gasteiger partial charge on any atom is -0.466 e. The number of esters is 1. The van der Waals surface area contributed by atoms with Crippen LogP contribution in [0.4, 0.5) is 13.2 Å². The Kier molecular flexibility index (Phi) is 9.61. The fourth-order valence-electron chi connectivity index (χ4n) is 5.22. The summed E-state index contributed by atoms with van der Waals surface area (Å²) in [6.45, 7) is 8.28. The van der Waals surface area contributed by atoms with Crippen LogP contribution in [0.3, 0.4) is 0 Å². The Morgan fingerprint density at radius 1 is 1.23 bits per heavy atom. The molecule has 2 heterocycles. The lowest BCUT2D eigenvalue weighted by atomic mass is 9.74. The van der Waals surface area contributed by atoms with Gasteiger partial charge in [0, 0.05) is 30.2 Å². The van der Waals surface area contributed by atoms with Crippen molar-refractivity contribution < 1.29 is 32.6 Å². The molecule has 3 rings (SSSR count). The van der Waals surface area contributed by atoms with E-state index in [4.69, 9.17) is 16.3 Å². The van der Waals surface area contributed by atoms with Crippen LogP contribution in [0.15, 0.2) is 18.6 Å². The van der Waals surface area contributed by atoms with E-state index in [2.05, 4.69) is 10.1 Å². The molecule has 2 aromatic heterocycles. The lowest BCUT2D eigenvalue weighted by Gasteiger charge is -2.36. The number of carbonyl (C=O) groups is 2. The smallest absolute Gasteiger partial charge is 0.395 e. The van der Waals surface area contributed by atoms with Crippen LogP contribution in [0.1, 0.15) is 92.7 Å². The summed E-state index contributed by atoms with van der Waals surface area (Å²) in [6, 6.07) is -0.0759. The number of nitrogens with zero attached hydrogens (tertiary/aromatic N) is 4. The van der Waals surface area contributed by atoms with Gasteiger partial charge in [-0.05, 0) is 72.8 Å². The Bertz CT molecular complexity index is 1200. The molecule has 1 aliphatic rings. The molecule has 1 atom stereocenters. The van der Waals surface area contributed by atoms with E-state index in [1.165, 1.54) is 18.6 Å². The highest BCUT2D eigenvalue weighted by Gasteiger charge is 2.49. The van der Waals surface area contributed by atoms with Crippen LogP contribution < -0.4 is 0 Å². The van der Waals surface area contributed by atoms with E-state index in [-0.39, 0.29) is 22.6 Å². The second kappa shape index (κ2) is 12.1. The SMILES string of the molecule is CCOC(=O)[C@]1(C)CC[C@@H](n2ncc(C(=O)N(CC(O)c3c(C)cncc3Cl)CC(C)(C)C(F)(F)F)c2C)CC1. The molecule has 1 unspecified atom stereocenters. The number of amides is 1. The molecule has 1 N–H and O–H groups in total. The number of aromatic nitrogens is 3. The number of aliphatic hydroxyl groups is 1. The summed E-state index contributed by atoms with van der Waals surface area (Å²) >= 11 is 6.23. The van der Waals surface area contributed by atoms with Gasteiger partial charge in [-0.1, -0.05) is 11.6 Å². The Morgan fingerprint density at radius 2 is 1.85 bits per heavy atom. The first kappa shape index (κ1) is 31.9. The average molecular weight is 587 g/mol. The number of alkyl halides is 3. The van der Waals surface area contributed by atoms with Crippen LogP contribution in [0.25, 0.3) is 0 Å². The minimum absolute atomic E-state index is 0.0759. The van der Waals surface area contributed by atoms with Crippen molar-refractivity contribution in [2.45, 2.75) is 85.5 Å². The summed E-state index contributed by atoms with van der Waals surface area (Å²) in [5.41, 5.74) is -1.31. The van der Waals surface area contributed by atoms with Crippen LogP contribution in [0, 0.1) is 24.7 Å². The van der Waals surface area contributed by atoms with Gasteiger partial charge in [-0.15, -0.1) is 0 Å². The molecule has 1 amide bonds. The molecular formula is C28H38ClF3N4O4. The largest absolute Gasteiger partial charge is 0.466 e. The number of aryl methyl sites for hydroxylation is 1. The predicted octanol–water partition coefficient (Wildman–Crippen LogP) is 6.00. The molecule has 1 fully saturated rings. The molecule has 0 aromatic carbocycles. The van der Waals surface area contributed by atoms with E-state index in [1.807, 2.05) is 6.92 Å². The predicted molar refractivity (Wildman–Crippen MR) is 144 cm³/mol. The van der Waals surface area contributed by atoms with E-state index in [0.29, 0.717) is 49.1 Å². The van der Waals surface area contributed by atoms with Crippen molar-refractivity contribution in [2.75, 3.05) is 19.7 Å². The van der Waals surface area contributed by atoms with Gasteiger partial charge in [-0.3, -0.25) is 19.3 Å². The first-order chi connectivity index (χ1) is 18.5. The van der Waals surface area contributed by atoms with Crippen LogP contribution in [0.2, 0.25) is 5.02 Å². The highest BCUT2D eigenvalue weighted by molar-refractivity contribution is 6.31. The van der Waals surface area contributed by atoms with Gasteiger partial charge in [0.25, 0.3) is 5.91 Å². The molecule has 40 heavy (non-hydrogen) atoms. The standard InChI is InChI=1S/C28H38ClF3N4O4/c1-7-40-25(39)27(6)10-8-19(9-11-27)36-18(3)20(13-34-36)24(38)35(16-26(4,5)28(30,31)32)15-22(37)23-17(2)12-33-14-21(23)29/h12-14,19,22,37H,7-11,15-16H2,1-6H3/t19-,22?,27-. The van der Waals surface area contributed by atoms with Gasteiger partial charge in [-0.25, -0.2) is 0 Å². The zero-order valence-corrected chi connectivity index (χ0v) is 24.6. The highest BCUT2D eigenvalue weighted by Crippen LogP contribution is 2.42. The molecule has 0 saturated heterocycles. The molecule has 0 aliphatic heterocycles. The molecule has 2 aromatic rings. The molecule has 0 radical (unpaired) electrons. The van der Waals surface area contributed by atoms with Crippen molar-refractivity contribution in [3.8, 4) is 0 Å². The maximum atomic E-state index is 13.9. The molecular weight excluding hydrogens is 549 g/mol. The van der Waals surface area contributed by atoms with Crippen molar-refractivity contribution >= 4 is 23.5 Å². The average Bonchev–Trinajstić information content (AvgIpc) is 3.24. The zero-order valence-electron chi connectivity index (χ0n) is 23.8. The molecule has 222 valence electrons. The molecule has 1 saturated carbocycles. The number of halogens is 4. The zero-order chi connectivity index (χ0) is 30.0. The maximum Gasteiger partial charge on any atom is 0.395 e. The number of hydrogen-bond donors (Lipinski definition) is 1. The number of pyridine rings is 1. The van der Waals surface area contributed by atoms with Crippen LogP contribution >= 0.6 is 11.6 Å². The van der Waals surface area contributed by atoms with E-state index in [1.54, 1.807) is 25.5 Å². The van der Waals surface area contributed by atoms with Crippen molar-refractivity contribution in [2.24, 2.45) is 10.8 Å². The molecule has 0 bridgehead atoms. The first-order valence-corrected chi connectivity index (χ1v) is 13.8. The summed E-state index contributed by atoms with van der Waals surface area (Å²) in [5.74, 6) is -0.900. The van der Waals surface area contributed by atoms with E-state index >= 15 is 0 Å². The summed E-state index contributed by atoms with van der Waals surface area (Å²) in [5, 5.41) is 15.6. The molecule has 1 aliphatic carbocycles. The number of rotatable bonds is 9.